The van der Waals surface area contributed by atoms with Crippen molar-refractivity contribution in [3.8, 4) is 0 Å². The molecule has 6 heteroatoms. The Bertz CT molecular complexity index is 362. The zero-order valence-corrected chi connectivity index (χ0v) is 7.75. The molecule has 0 amide bonds. The molecule has 0 aromatic heterocycles. The van der Waals surface area contributed by atoms with Gasteiger partial charge in [-0.2, -0.15) is 0 Å². The summed E-state index contributed by atoms with van der Waals surface area (Å²) in [7, 11) is 0. The SMILES string of the molecule is CC[C@H](N)c1c(F)c(F)c(F)c(F)c1F. The number of benzene rings is 1. The van der Waals surface area contributed by atoms with Gasteiger partial charge in [-0.3, -0.25) is 0 Å². The van der Waals surface area contributed by atoms with Crippen LogP contribution in [0.25, 0.3) is 0 Å². The zero-order valence-electron chi connectivity index (χ0n) is 7.75. The van der Waals surface area contributed by atoms with E-state index in [1.807, 2.05) is 0 Å². The second-order valence-corrected chi connectivity index (χ2v) is 3.00. The molecule has 0 saturated heterocycles. The number of hydrogen-bond acceptors (Lipinski definition) is 1. The molecule has 0 bridgehead atoms. The number of hydrogen-bond donors (Lipinski definition) is 1. The van der Waals surface area contributed by atoms with Gasteiger partial charge in [-0.05, 0) is 6.42 Å². The predicted molar refractivity (Wildman–Crippen MR) is 43.5 cm³/mol. The Labute approximate surface area is 82.7 Å². The summed E-state index contributed by atoms with van der Waals surface area (Å²) >= 11 is 0. The van der Waals surface area contributed by atoms with Gasteiger partial charge in [0, 0.05) is 11.6 Å². The van der Waals surface area contributed by atoms with E-state index in [4.69, 9.17) is 5.73 Å². The molecule has 84 valence electrons. The summed E-state index contributed by atoms with van der Waals surface area (Å²) in [6, 6.07) is -1.21. The Kier molecular flexibility index (Phi) is 3.28. The van der Waals surface area contributed by atoms with E-state index >= 15 is 0 Å². The third-order valence-corrected chi connectivity index (χ3v) is 2.05. The van der Waals surface area contributed by atoms with Gasteiger partial charge in [-0.1, -0.05) is 6.92 Å². The van der Waals surface area contributed by atoms with Crippen molar-refractivity contribution in [2.75, 3.05) is 0 Å². The van der Waals surface area contributed by atoms with Crippen molar-refractivity contribution in [2.45, 2.75) is 19.4 Å². The van der Waals surface area contributed by atoms with Gasteiger partial charge in [0.25, 0.3) is 0 Å². The molecule has 15 heavy (non-hydrogen) atoms. The quantitative estimate of drug-likeness (QED) is 0.467. The van der Waals surface area contributed by atoms with Gasteiger partial charge in [0.05, 0.1) is 0 Å². The molecule has 0 saturated carbocycles. The van der Waals surface area contributed by atoms with E-state index in [-0.39, 0.29) is 6.42 Å². The highest BCUT2D eigenvalue weighted by Crippen LogP contribution is 2.27. The van der Waals surface area contributed by atoms with Crippen LogP contribution in [0.15, 0.2) is 0 Å². The standard InChI is InChI=1S/C9H8F5N/c1-2-3(15)4-5(10)7(12)9(14)8(13)6(4)11/h3H,2,15H2,1H3/t3-/m0/s1. The maximum Gasteiger partial charge on any atom is 0.200 e. The minimum atomic E-state index is -2.17. The van der Waals surface area contributed by atoms with Crippen LogP contribution in [0.1, 0.15) is 24.9 Å². The molecule has 1 aromatic carbocycles. The van der Waals surface area contributed by atoms with Gasteiger partial charge in [-0.25, -0.2) is 22.0 Å². The Morgan fingerprint density at radius 1 is 0.867 bits per heavy atom. The highest BCUT2D eigenvalue weighted by Gasteiger charge is 2.27. The molecule has 1 nitrogen and oxygen atoms in total. The average molecular weight is 225 g/mol. The van der Waals surface area contributed by atoms with Gasteiger partial charge in [-0.15, -0.1) is 0 Å². The first kappa shape index (κ1) is 11.9. The van der Waals surface area contributed by atoms with Crippen LogP contribution in [0.2, 0.25) is 0 Å². The van der Waals surface area contributed by atoms with Gasteiger partial charge in [0.2, 0.25) is 5.82 Å². The van der Waals surface area contributed by atoms with E-state index in [2.05, 4.69) is 0 Å². The van der Waals surface area contributed by atoms with E-state index in [0.29, 0.717) is 0 Å². The predicted octanol–water partition coefficient (Wildman–Crippen LogP) is 2.79. The minimum absolute atomic E-state index is 0.0678. The summed E-state index contributed by atoms with van der Waals surface area (Å²) < 4.78 is 64.0. The van der Waals surface area contributed by atoms with Crippen LogP contribution in [-0.2, 0) is 0 Å². The van der Waals surface area contributed by atoms with E-state index in [9.17, 15) is 22.0 Å². The molecule has 0 fully saturated rings. The molecule has 0 aliphatic carbocycles. The second-order valence-electron chi connectivity index (χ2n) is 3.00. The molecular formula is C9H8F5N. The molecule has 1 atom stereocenters. The van der Waals surface area contributed by atoms with Gasteiger partial charge in [0.15, 0.2) is 23.3 Å². The fourth-order valence-electron chi connectivity index (χ4n) is 1.15. The Morgan fingerprint density at radius 3 is 1.53 bits per heavy atom. The molecular weight excluding hydrogens is 217 g/mol. The molecule has 1 rings (SSSR count). The molecule has 0 unspecified atom stereocenters. The van der Waals surface area contributed by atoms with Crippen LogP contribution in [0, 0.1) is 29.1 Å². The third kappa shape index (κ3) is 1.81. The van der Waals surface area contributed by atoms with Crippen LogP contribution in [0.5, 0.6) is 0 Å². The van der Waals surface area contributed by atoms with Crippen molar-refractivity contribution >= 4 is 0 Å². The van der Waals surface area contributed by atoms with Crippen molar-refractivity contribution in [3.05, 3.63) is 34.6 Å². The first-order chi connectivity index (χ1) is 6.91. The lowest BCUT2D eigenvalue weighted by Crippen LogP contribution is -2.17. The number of rotatable bonds is 2. The van der Waals surface area contributed by atoms with E-state index in [1.165, 1.54) is 6.92 Å². The summed E-state index contributed by atoms with van der Waals surface area (Å²) in [5.41, 5.74) is 4.28. The summed E-state index contributed by atoms with van der Waals surface area (Å²) in [5.74, 6) is -9.82. The number of nitrogens with two attached hydrogens (primary N) is 1. The largest absolute Gasteiger partial charge is 0.324 e. The first-order valence-corrected chi connectivity index (χ1v) is 4.18. The molecule has 0 aliphatic rings. The fourth-order valence-corrected chi connectivity index (χ4v) is 1.15. The summed E-state index contributed by atoms with van der Waals surface area (Å²) in [6.45, 7) is 1.47. The van der Waals surface area contributed by atoms with Crippen LogP contribution >= 0.6 is 0 Å². The monoisotopic (exact) mass is 225 g/mol. The van der Waals surface area contributed by atoms with Crippen LogP contribution < -0.4 is 5.73 Å². The van der Waals surface area contributed by atoms with Crippen molar-refractivity contribution in [2.24, 2.45) is 5.73 Å². The third-order valence-electron chi connectivity index (χ3n) is 2.05. The summed E-state index contributed by atoms with van der Waals surface area (Å²) in [5, 5.41) is 0. The lowest BCUT2D eigenvalue weighted by molar-refractivity contribution is 0.363. The van der Waals surface area contributed by atoms with Crippen LogP contribution in [-0.4, -0.2) is 0 Å². The smallest absolute Gasteiger partial charge is 0.200 e. The van der Waals surface area contributed by atoms with Gasteiger partial charge >= 0.3 is 0 Å². The van der Waals surface area contributed by atoms with E-state index < -0.39 is 40.7 Å². The van der Waals surface area contributed by atoms with Crippen molar-refractivity contribution in [3.63, 3.8) is 0 Å². The van der Waals surface area contributed by atoms with E-state index in [1.54, 1.807) is 0 Å². The second kappa shape index (κ2) is 4.14. The molecule has 1 aromatic rings. The molecule has 0 heterocycles. The minimum Gasteiger partial charge on any atom is -0.324 e. The topological polar surface area (TPSA) is 26.0 Å². The molecule has 0 radical (unpaired) electrons. The Balaban J connectivity index is 3.52. The molecule has 0 spiro atoms. The van der Waals surface area contributed by atoms with Crippen molar-refractivity contribution < 1.29 is 22.0 Å². The Hall–Kier alpha value is -1.17. The summed E-state index contributed by atoms with van der Waals surface area (Å²) in [6.07, 6.45) is 0.0678. The summed E-state index contributed by atoms with van der Waals surface area (Å²) in [4.78, 5) is 0. The van der Waals surface area contributed by atoms with E-state index in [0.717, 1.165) is 0 Å². The average Bonchev–Trinajstić information content (AvgIpc) is 2.23. The normalized spacial score (nSPS) is 13.0. The maximum absolute atomic E-state index is 13.0. The lowest BCUT2D eigenvalue weighted by Gasteiger charge is -2.13. The molecule has 0 aliphatic heterocycles. The highest BCUT2D eigenvalue weighted by atomic mass is 19.2. The first-order valence-electron chi connectivity index (χ1n) is 4.18. The van der Waals surface area contributed by atoms with Crippen LogP contribution in [0.4, 0.5) is 22.0 Å². The van der Waals surface area contributed by atoms with Gasteiger partial charge in [0.1, 0.15) is 0 Å². The van der Waals surface area contributed by atoms with Gasteiger partial charge < -0.3 is 5.73 Å². The van der Waals surface area contributed by atoms with Crippen molar-refractivity contribution in [1.29, 1.82) is 0 Å². The number of halogens is 5. The highest BCUT2D eigenvalue weighted by molar-refractivity contribution is 5.26. The lowest BCUT2D eigenvalue weighted by atomic mass is 10.0. The molecule has 2 N–H and O–H groups in total. The Morgan fingerprint density at radius 2 is 1.20 bits per heavy atom. The maximum atomic E-state index is 13.0. The van der Waals surface area contributed by atoms with Crippen molar-refractivity contribution in [1.82, 2.24) is 0 Å². The fraction of sp³-hybridized carbons (Fsp3) is 0.333. The zero-order chi connectivity index (χ0) is 11.7. The van der Waals surface area contributed by atoms with Crippen LogP contribution in [0.3, 0.4) is 0 Å².